The quantitative estimate of drug-likeness (QED) is 0.777. The first kappa shape index (κ1) is 14.6. The third kappa shape index (κ3) is 2.82. The van der Waals surface area contributed by atoms with E-state index >= 15 is 0 Å². The van der Waals surface area contributed by atoms with Crippen molar-refractivity contribution >= 4 is 23.2 Å². The van der Waals surface area contributed by atoms with Gasteiger partial charge in [-0.15, -0.1) is 0 Å². The average molecular weight is 318 g/mol. The monoisotopic (exact) mass is 317 g/mol. The molecule has 1 saturated carbocycles. The van der Waals surface area contributed by atoms with E-state index in [4.69, 9.17) is 27.9 Å². The van der Waals surface area contributed by atoms with E-state index in [0.29, 0.717) is 23.7 Å². The minimum absolute atomic E-state index is 0.0487. The van der Waals surface area contributed by atoms with E-state index in [-0.39, 0.29) is 16.5 Å². The molecule has 2 aliphatic rings. The van der Waals surface area contributed by atoms with Gasteiger partial charge in [0.15, 0.2) is 0 Å². The van der Waals surface area contributed by atoms with Gasteiger partial charge in [-0.3, -0.25) is 0 Å². The summed E-state index contributed by atoms with van der Waals surface area (Å²) in [5.41, 5.74) is 0.933. The Bertz CT molecular complexity index is 503. The highest BCUT2D eigenvalue weighted by molar-refractivity contribution is 6.35. The molecule has 2 fully saturated rings. The molecule has 5 heteroatoms. The zero-order chi connectivity index (χ0) is 14.2. The molecular formula is C15H18Cl2FNO. The van der Waals surface area contributed by atoms with Gasteiger partial charge in [-0.25, -0.2) is 4.39 Å². The lowest BCUT2D eigenvalue weighted by Gasteiger charge is -2.26. The van der Waals surface area contributed by atoms with E-state index in [1.54, 1.807) is 0 Å². The number of benzene rings is 1. The molecule has 1 saturated heterocycles. The van der Waals surface area contributed by atoms with Crippen LogP contribution in [-0.2, 0) is 4.74 Å². The molecule has 0 radical (unpaired) electrons. The van der Waals surface area contributed by atoms with Gasteiger partial charge in [-0.2, -0.15) is 0 Å². The predicted octanol–water partition coefficient (Wildman–Crippen LogP) is 4.35. The molecule has 1 aliphatic carbocycles. The lowest BCUT2D eigenvalue weighted by Crippen LogP contribution is -2.32. The first-order valence-electron chi connectivity index (χ1n) is 7.06. The van der Waals surface area contributed by atoms with E-state index in [1.807, 2.05) is 0 Å². The summed E-state index contributed by atoms with van der Waals surface area (Å²) in [6.45, 7) is 2.34. The second-order valence-electron chi connectivity index (χ2n) is 5.93. The van der Waals surface area contributed by atoms with Gasteiger partial charge in [0.1, 0.15) is 5.82 Å². The summed E-state index contributed by atoms with van der Waals surface area (Å²) in [5, 5.41) is 3.96. The zero-order valence-electron chi connectivity index (χ0n) is 11.2. The first-order valence-corrected chi connectivity index (χ1v) is 7.82. The summed E-state index contributed by atoms with van der Waals surface area (Å²) in [7, 11) is 0. The lowest BCUT2D eigenvalue weighted by atomic mass is 9.87. The number of nitrogens with one attached hydrogen (secondary N) is 1. The highest BCUT2D eigenvalue weighted by Gasteiger charge is 2.37. The molecule has 0 amide bonds. The Hall–Kier alpha value is -0.350. The van der Waals surface area contributed by atoms with Crippen LogP contribution in [0.4, 0.5) is 4.39 Å². The molecule has 1 unspecified atom stereocenters. The minimum Gasteiger partial charge on any atom is -0.372 e. The molecule has 3 rings (SSSR count). The normalized spacial score (nSPS) is 25.9. The van der Waals surface area contributed by atoms with Crippen LogP contribution < -0.4 is 5.32 Å². The molecule has 2 nitrogen and oxygen atoms in total. The summed E-state index contributed by atoms with van der Waals surface area (Å²) in [4.78, 5) is 0. The fourth-order valence-electron chi connectivity index (χ4n) is 3.29. The summed E-state index contributed by atoms with van der Waals surface area (Å²) >= 11 is 11.9. The van der Waals surface area contributed by atoms with Crippen molar-refractivity contribution in [2.24, 2.45) is 5.41 Å². The smallest absolute Gasteiger partial charge is 0.142 e. The molecule has 1 heterocycles. The van der Waals surface area contributed by atoms with Crippen molar-refractivity contribution < 1.29 is 9.13 Å². The SMILES string of the molecule is Fc1cc(C2CNCC3(CCCC3)CO2)c(Cl)cc1Cl. The maximum Gasteiger partial charge on any atom is 0.142 e. The molecule has 1 N–H and O–H groups in total. The molecule has 1 atom stereocenters. The lowest BCUT2D eigenvalue weighted by molar-refractivity contribution is 0.0157. The van der Waals surface area contributed by atoms with Gasteiger partial charge in [0.05, 0.1) is 17.7 Å². The van der Waals surface area contributed by atoms with E-state index in [2.05, 4.69) is 5.32 Å². The molecule has 1 aromatic rings. The van der Waals surface area contributed by atoms with Crippen molar-refractivity contribution in [3.05, 3.63) is 33.6 Å². The largest absolute Gasteiger partial charge is 0.372 e. The van der Waals surface area contributed by atoms with E-state index in [9.17, 15) is 4.39 Å². The Labute approximate surface area is 128 Å². The predicted molar refractivity (Wildman–Crippen MR) is 78.9 cm³/mol. The fraction of sp³-hybridized carbons (Fsp3) is 0.600. The number of halogens is 3. The average Bonchev–Trinajstić information content (AvgIpc) is 2.77. The van der Waals surface area contributed by atoms with E-state index < -0.39 is 5.82 Å². The second-order valence-corrected chi connectivity index (χ2v) is 6.74. The maximum absolute atomic E-state index is 13.6. The molecule has 0 bridgehead atoms. The van der Waals surface area contributed by atoms with Crippen LogP contribution >= 0.6 is 23.2 Å². The van der Waals surface area contributed by atoms with Crippen molar-refractivity contribution in [2.45, 2.75) is 31.8 Å². The van der Waals surface area contributed by atoms with Crippen molar-refractivity contribution in [1.82, 2.24) is 5.32 Å². The van der Waals surface area contributed by atoms with Gasteiger partial charge in [-0.05, 0) is 25.0 Å². The summed E-state index contributed by atoms with van der Waals surface area (Å²) in [5.74, 6) is -0.450. The van der Waals surface area contributed by atoms with Gasteiger partial charge in [-0.1, -0.05) is 36.0 Å². The van der Waals surface area contributed by atoms with Crippen LogP contribution in [-0.4, -0.2) is 19.7 Å². The Balaban J connectivity index is 1.79. The second kappa shape index (κ2) is 5.80. The molecule has 1 aromatic carbocycles. The van der Waals surface area contributed by atoms with Crippen LogP contribution in [0.3, 0.4) is 0 Å². The van der Waals surface area contributed by atoms with Gasteiger partial charge < -0.3 is 10.1 Å². The van der Waals surface area contributed by atoms with Crippen LogP contribution in [0, 0.1) is 11.2 Å². The standard InChI is InChI=1S/C15H18Cl2FNO/c16-11-6-12(17)13(18)5-10(11)14-7-19-8-15(9-20-14)3-1-2-4-15/h5-6,14,19H,1-4,7-9H2. The molecule has 110 valence electrons. The van der Waals surface area contributed by atoms with Gasteiger partial charge in [0, 0.05) is 29.1 Å². The van der Waals surface area contributed by atoms with Crippen LogP contribution in [0.2, 0.25) is 10.0 Å². The van der Waals surface area contributed by atoms with E-state index in [0.717, 1.165) is 6.54 Å². The number of hydrogen-bond acceptors (Lipinski definition) is 2. The maximum atomic E-state index is 13.6. The molecule has 20 heavy (non-hydrogen) atoms. The minimum atomic E-state index is -0.450. The van der Waals surface area contributed by atoms with Gasteiger partial charge >= 0.3 is 0 Å². The van der Waals surface area contributed by atoms with Crippen LogP contribution in [0.5, 0.6) is 0 Å². The number of rotatable bonds is 1. The Morgan fingerprint density at radius 2 is 1.95 bits per heavy atom. The number of ether oxygens (including phenoxy) is 1. The number of hydrogen-bond donors (Lipinski definition) is 1. The molecule has 0 aromatic heterocycles. The zero-order valence-corrected chi connectivity index (χ0v) is 12.7. The Morgan fingerprint density at radius 1 is 1.20 bits per heavy atom. The molecule has 1 spiro atoms. The summed E-state index contributed by atoms with van der Waals surface area (Å²) < 4.78 is 19.7. The fourth-order valence-corrected chi connectivity index (χ4v) is 3.79. The van der Waals surface area contributed by atoms with Crippen molar-refractivity contribution in [1.29, 1.82) is 0 Å². The molecular weight excluding hydrogens is 300 g/mol. The van der Waals surface area contributed by atoms with E-state index in [1.165, 1.54) is 37.8 Å². The summed E-state index contributed by atoms with van der Waals surface area (Å²) in [6, 6.07) is 2.84. The van der Waals surface area contributed by atoms with Gasteiger partial charge in [0.2, 0.25) is 0 Å². The first-order chi connectivity index (χ1) is 9.60. The topological polar surface area (TPSA) is 21.3 Å². The van der Waals surface area contributed by atoms with Crippen LogP contribution in [0.1, 0.15) is 37.4 Å². The third-order valence-corrected chi connectivity index (χ3v) is 5.09. The summed E-state index contributed by atoms with van der Waals surface area (Å²) in [6.07, 6.45) is 4.73. The Kier molecular flexibility index (Phi) is 4.23. The van der Waals surface area contributed by atoms with Crippen molar-refractivity contribution in [3.8, 4) is 0 Å². The van der Waals surface area contributed by atoms with Crippen LogP contribution in [0.25, 0.3) is 0 Å². The van der Waals surface area contributed by atoms with Gasteiger partial charge in [0.25, 0.3) is 0 Å². The Morgan fingerprint density at radius 3 is 2.70 bits per heavy atom. The third-order valence-electron chi connectivity index (χ3n) is 4.47. The van der Waals surface area contributed by atoms with Crippen molar-refractivity contribution in [2.75, 3.05) is 19.7 Å². The highest BCUT2D eigenvalue weighted by atomic mass is 35.5. The molecule has 1 aliphatic heterocycles. The van der Waals surface area contributed by atoms with Crippen molar-refractivity contribution in [3.63, 3.8) is 0 Å². The highest BCUT2D eigenvalue weighted by Crippen LogP contribution is 2.41. The van der Waals surface area contributed by atoms with Crippen LogP contribution in [0.15, 0.2) is 12.1 Å².